The Morgan fingerprint density at radius 2 is 1.72 bits per heavy atom. The Kier molecular flexibility index (Phi) is 2.85. The Hall–Kier alpha value is -1.56. The molecule has 2 rings (SSSR count). The molecule has 1 saturated carbocycles. The topological polar surface area (TPSA) is 85.1 Å². The van der Waals surface area contributed by atoms with Crippen molar-refractivity contribution in [2.45, 2.75) is 33.7 Å². The number of nitrogens with two attached hydrogens (primary N) is 1. The maximum Gasteiger partial charge on any atom is 0.205 e. The summed E-state index contributed by atoms with van der Waals surface area (Å²) in [4.78, 5) is 8.24. The van der Waals surface area contributed by atoms with Crippen molar-refractivity contribution in [3.8, 4) is 5.75 Å². The van der Waals surface area contributed by atoms with E-state index in [2.05, 4.69) is 48.4 Å². The molecule has 1 aromatic rings. The average Bonchev–Trinajstić information content (AvgIpc) is 2.71. The minimum absolute atomic E-state index is 0.221. The number of nitrogens with one attached hydrogen (secondary N) is 2. The second kappa shape index (κ2) is 3.98. The molecule has 0 aliphatic heterocycles. The molecule has 0 aromatic carbocycles. The Balaban J connectivity index is 2.26. The first-order chi connectivity index (χ1) is 8.36. The van der Waals surface area contributed by atoms with Gasteiger partial charge in [-0.3, -0.25) is 0 Å². The van der Waals surface area contributed by atoms with Crippen LogP contribution in [0.15, 0.2) is 6.33 Å². The van der Waals surface area contributed by atoms with E-state index in [0.717, 1.165) is 0 Å². The summed E-state index contributed by atoms with van der Waals surface area (Å²) in [6.07, 6.45) is 1.46. The Labute approximate surface area is 107 Å². The van der Waals surface area contributed by atoms with Crippen LogP contribution >= 0.6 is 0 Å². The number of nitrogens with zero attached hydrogens (tertiary/aromatic N) is 2. The fourth-order valence-electron chi connectivity index (χ4n) is 2.47. The van der Waals surface area contributed by atoms with Crippen LogP contribution in [0.3, 0.4) is 0 Å². The number of aromatic nitrogens is 2. The number of hydrazine groups is 1. The van der Waals surface area contributed by atoms with Crippen molar-refractivity contribution in [1.82, 2.24) is 9.97 Å². The Morgan fingerprint density at radius 1 is 1.17 bits per heavy atom. The third kappa shape index (κ3) is 1.68. The number of hydrogen-bond donors (Lipinski definition) is 3. The second-order valence-electron chi connectivity index (χ2n) is 5.77. The molecule has 6 heteroatoms. The van der Waals surface area contributed by atoms with Gasteiger partial charge in [0.15, 0.2) is 11.6 Å². The van der Waals surface area contributed by atoms with Crippen molar-refractivity contribution >= 4 is 11.6 Å². The summed E-state index contributed by atoms with van der Waals surface area (Å²) < 4.78 is 5.30. The van der Waals surface area contributed by atoms with Crippen LogP contribution in [0.2, 0.25) is 0 Å². The molecule has 0 spiro atoms. The maximum absolute atomic E-state index is 5.40. The quantitative estimate of drug-likeness (QED) is 0.557. The predicted molar refractivity (Wildman–Crippen MR) is 71.4 cm³/mol. The maximum atomic E-state index is 5.40. The first-order valence-corrected chi connectivity index (χ1v) is 5.98. The number of ether oxygens (including phenoxy) is 1. The monoisotopic (exact) mass is 251 g/mol. The van der Waals surface area contributed by atoms with Crippen molar-refractivity contribution in [3.05, 3.63) is 6.33 Å². The van der Waals surface area contributed by atoms with Crippen molar-refractivity contribution in [2.24, 2.45) is 16.7 Å². The Morgan fingerprint density at radius 3 is 2.17 bits per heavy atom. The van der Waals surface area contributed by atoms with Gasteiger partial charge in [-0.2, -0.15) is 0 Å². The molecule has 0 saturated heterocycles. The number of nitrogen functional groups attached to an aromatic ring is 1. The second-order valence-corrected chi connectivity index (χ2v) is 5.77. The van der Waals surface area contributed by atoms with Crippen LogP contribution in [-0.4, -0.2) is 23.1 Å². The van der Waals surface area contributed by atoms with Crippen LogP contribution in [0.4, 0.5) is 11.6 Å². The largest absolute Gasteiger partial charge is 0.490 e. The summed E-state index contributed by atoms with van der Waals surface area (Å²) in [5.74, 6) is 7.09. The van der Waals surface area contributed by atoms with Gasteiger partial charge in [0.25, 0.3) is 0 Å². The van der Waals surface area contributed by atoms with Crippen LogP contribution in [0.25, 0.3) is 0 Å². The molecule has 0 atom stereocenters. The normalized spacial score (nSPS) is 20.3. The first-order valence-electron chi connectivity index (χ1n) is 5.98. The van der Waals surface area contributed by atoms with Gasteiger partial charge >= 0.3 is 0 Å². The zero-order chi connectivity index (χ0) is 13.6. The minimum Gasteiger partial charge on any atom is -0.490 e. The van der Waals surface area contributed by atoms with E-state index in [0.29, 0.717) is 23.4 Å². The lowest BCUT2D eigenvalue weighted by Crippen LogP contribution is -2.15. The Bertz CT molecular complexity index is 444. The molecule has 1 aliphatic rings. The molecule has 0 bridgehead atoms. The lowest BCUT2D eigenvalue weighted by atomic mass is 10.0. The molecule has 6 nitrogen and oxygen atoms in total. The van der Waals surface area contributed by atoms with Gasteiger partial charge in [-0.05, 0) is 10.8 Å². The van der Waals surface area contributed by atoms with Gasteiger partial charge in [0.1, 0.15) is 6.33 Å². The minimum atomic E-state index is 0.221. The van der Waals surface area contributed by atoms with Crippen molar-refractivity contribution in [3.63, 3.8) is 0 Å². The zero-order valence-electron chi connectivity index (χ0n) is 11.5. The summed E-state index contributed by atoms with van der Waals surface area (Å²) in [6.45, 7) is 8.95. The number of anilines is 2. The highest BCUT2D eigenvalue weighted by atomic mass is 16.5. The van der Waals surface area contributed by atoms with E-state index in [1.165, 1.54) is 6.33 Å². The smallest absolute Gasteiger partial charge is 0.205 e. The first kappa shape index (κ1) is 12.9. The van der Waals surface area contributed by atoms with Crippen LogP contribution in [0.5, 0.6) is 5.75 Å². The van der Waals surface area contributed by atoms with E-state index < -0.39 is 0 Å². The molecule has 1 fully saturated rings. The van der Waals surface area contributed by atoms with Crippen LogP contribution in [0, 0.1) is 10.8 Å². The van der Waals surface area contributed by atoms with E-state index in [9.17, 15) is 0 Å². The summed E-state index contributed by atoms with van der Waals surface area (Å²) >= 11 is 0. The van der Waals surface area contributed by atoms with E-state index in [4.69, 9.17) is 10.6 Å². The van der Waals surface area contributed by atoms with Gasteiger partial charge in [-0.1, -0.05) is 27.7 Å². The molecule has 18 heavy (non-hydrogen) atoms. The van der Waals surface area contributed by atoms with Crippen molar-refractivity contribution in [2.75, 3.05) is 17.9 Å². The summed E-state index contributed by atoms with van der Waals surface area (Å²) in [7, 11) is 1.58. The summed E-state index contributed by atoms with van der Waals surface area (Å²) in [6, 6.07) is 0.347. The molecule has 1 aromatic heterocycles. The fraction of sp³-hybridized carbons (Fsp3) is 0.667. The molecular weight excluding hydrogens is 230 g/mol. The standard InChI is InChI=1S/C12H21N5O/c1-11(2)10(12(11,3)4)16-8-7(18-5)9(17-13)15-6-14-8/h6,10H,13H2,1-5H3,(H2,14,15,16,17). The van der Waals surface area contributed by atoms with Crippen molar-refractivity contribution < 1.29 is 4.74 Å². The van der Waals surface area contributed by atoms with Gasteiger partial charge < -0.3 is 15.5 Å². The molecule has 1 aliphatic carbocycles. The molecule has 100 valence electrons. The third-order valence-electron chi connectivity index (χ3n) is 4.45. The zero-order valence-corrected chi connectivity index (χ0v) is 11.5. The lowest BCUT2D eigenvalue weighted by Gasteiger charge is -2.13. The van der Waals surface area contributed by atoms with Gasteiger partial charge in [-0.25, -0.2) is 15.8 Å². The molecule has 0 amide bonds. The predicted octanol–water partition coefficient (Wildman–Crippen LogP) is 1.62. The third-order valence-corrected chi connectivity index (χ3v) is 4.45. The van der Waals surface area contributed by atoms with Crippen LogP contribution in [0.1, 0.15) is 27.7 Å². The fourth-order valence-corrected chi connectivity index (χ4v) is 2.47. The number of hydrogen-bond acceptors (Lipinski definition) is 6. The molecule has 0 unspecified atom stereocenters. The molecule has 4 N–H and O–H groups in total. The highest BCUT2D eigenvalue weighted by Crippen LogP contribution is 2.64. The molecular formula is C12H21N5O. The molecule has 0 radical (unpaired) electrons. The van der Waals surface area contributed by atoms with Gasteiger partial charge in [0.05, 0.1) is 7.11 Å². The van der Waals surface area contributed by atoms with Gasteiger partial charge in [-0.15, -0.1) is 0 Å². The highest BCUT2D eigenvalue weighted by molar-refractivity contribution is 5.64. The van der Waals surface area contributed by atoms with Crippen LogP contribution < -0.4 is 21.3 Å². The average molecular weight is 251 g/mol. The number of rotatable bonds is 4. The highest BCUT2D eigenvalue weighted by Gasteiger charge is 2.65. The van der Waals surface area contributed by atoms with Crippen molar-refractivity contribution in [1.29, 1.82) is 0 Å². The van der Waals surface area contributed by atoms with E-state index in [-0.39, 0.29) is 10.8 Å². The lowest BCUT2D eigenvalue weighted by molar-refractivity contribution is 0.414. The number of methoxy groups -OCH3 is 1. The summed E-state index contributed by atoms with van der Waals surface area (Å²) in [5.41, 5.74) is 2.95. The van der Waals surface area contributed by atoms with E-state index in [1.54, 1.807) is 7.11 Å². The van der Waals surface area contributed by atoms with Gasteiger partial charge in [0, 0.05) is 6.04 Å². The SMILES string of the molecule is COc1c(NN)ncnc1NC1C(C)(C)C1(C)C. The molecule has 1 heterocycles. The van der Waals surface area contributed by atoms with Gasteiger partial charge in [0.2, 0.25) is 5.75 Å². The van der Waals surface area contributed by atoms with E-state index >= 15 is 0 Å². The van der Waals surface area contributed by atoms with E-state index in [1.807, 2.05) is 0 Å². The van der Waals surface area contributed by atoms with Crippen LogP contribution in [-0.2, 0) is 0 Å². The summed E-state index contributed by atoms with van der Waals surface area (Å²) in [5, 5.41) is 3.42.